The Hall–Kier alpha value is -3.27. The van der Waals surface area contributed by atoms with Gasteiger partial charge in [0.05, 0.1) is 13.2 Å². The summed E-state index contributed by atoms with van der Waals surface area (Å²) in [5.41, 5.74) is 5.02. The fourth-order valence-electron chi connectivity index (χ4n) is 4.33. The molecular formula is C27H47N4O17P. The summed E-state index contributed by atoms with van der Waals surface area (Å²) in [6.45, 7) is 3.54. The van der Waals surface area contributed by atoms with Gasteiger partial charge in [-0.3, -0.25) is 28.2 Å². The standard InChI is InChI=1S/C27H47N4O17P/c1-5-6-7-10-44-18(26(40)41)12-45-49(42,43)48-27-20(30-15(4)33)22(21(35)17(11-32)47-27)46-14(3)24(37)29-13(2)23(36)31-16(25(38)39)8-9-19(28)34/h13-14,16-18,20-22,27,32,35H,5-12H2,1-4H3,(H2,28,34)(H,29,37)(H,30,33)(H,31,36)(H,38,39)(H,40,41)(H,42,43)/t13-,14+,16+,17+,18+,20+,21+,22+,27+/m0/s1. The quantitative estimate of drug-likeness (QED) is 0.0387. The number of amides is 4. The van der Waals surface area contributed by atoms with E-state index in [-0.39, 0.29) is 19.4 Å². The van der Waals surface area contributed by atoms with Gasteiger partial charge >= 0.3 is 19.8 Å². The summed E-state index contributed by atoms with van der Waals surface area (Å²) in [7, 11) is -5.21. The van der Waals surface area contributed by atoms with E-state index in [0.29, 0.717) is 6.42 Å². The second-order valence-corrected chi connectivity index (χ2v) is 12.5. The van der Waals surface area contributed by atoms with Gasteiger partial charge in [0, 0.05) is 20.0 Å². The Morgan fingerprint density at radius 2 is 1.67 bits per heavy atom. The molecule has 1 aliphatic rings. The molecule has 0 aromatic carbocycles. The van der Waals surface area contributed by atoms with Gasteiger partial charge in [-0.2, -0.15) is 0 Å². The maximum absolute atomic E-state index is 12.9. The highest BCUT2D eigenvalue weighted by Crippen LogP contribution is 2.47. The number of nitrogens with one attached hydrogen (secondary N) is 3. The lowest BCUT2D eigenvalue weighted by Crippen LogP contribution is -2.66. The van der Waals surface area contributed by atoms with Gasteiger partial charge in [-0.05, 0) is 26.7 Å². The van der Waals surface area contributed by atoms with Gasteiger partial charge in [-0.15, -0.1) is 0 Å². The summed E-state index contributed by atoms with van der Waals surface area (Å²) >= 11 is 0. The molecule has 21 nitrogen and oxygen atoms in total. The first-order valence-corrected chi connectivity index (χ1v) is 16.8. The van der Waals surface area contributed by atoms with Crippen molar-refractivity contribution in [2.24, 2.45) is 5.73 Å². The Bertz CT molecular complexity index is 1190. The van der Waals surface area contributed by atoms with Gasteiger partial charge < -0.3 is 61.2 Å². The minimum Gasteiger partial charge on any atom is -0.480 e. The third-order valence-electron chi connectivity index (χ3n) is 6.97. The number of carbonyl (C=O) groups excluding carboxylic acids is 4. The minimum absolute atomic E-state index is 0.0329. The molecule has 0 aromatic rings. The Balaban J connectivity index is 3.08. The fourth-order valence-corrected chi connectivity index (χ4v) is 5.16. The fraction of sp³-hybridized carbons (Fsp3) is 0.778. The summed E-state index contributed by atoms with van der Waals surface area (Å²) in [6.07, 6.45) is -8.72. The largest absolute Gasteiger partial charge is 0.480 e. The van der Waals surface area contributed by atoms with E-state index in [0.717, 1.165) is 19.8 Å². The van der Waals surface area contributed by atoms with Crippen LogP contribution in [0.15, 0.2) is 0 Å². The third kappa shape index (κ3) is 15.4. The molecule has 0 aromatic heterocycles. The normalized spacial score (nSPS) is 24.3. The van der Waals surface area contributed by atoms with Gasteiger partial charge in [0.15, 0.2) is 12.4 Å². The number of nitrogens with two attached hydrogens (primary N) is 1. The Labute approximate surface area is 281 Å². The number of carboxylic acids is 2. The minimum atomic E-state index is -5.21. The number of ether oxygens (including phenoxy) is 3. The molecule has 1 rings (SSSR count). The molecule has 10 atom stereocenters. The number of phosphoric acid groups is 1. The number of aliphatic hydroxyl groups excluding tert-OH is 2. The molecule has 49 heavy (non-hydrogen) atoms. The smallest absolute Gasteiger partial charge is 0.474 e. The highest BCUT2D eigenvalue weighted by atomic mass is 31.2. The molecule has 10 N–H and O–H groups in total. The molecule has 1 unspecified atom stereocenters. The zero-order chi connectivity index (χ0) is 37.5. The van der Waals surface area contributed by atoms with Gasteiger partial charge in [-0.25, -0.2) is 14.2 Å². The second kappa shape index (κ2) is 21.1. The van der Waals surface area contributed by atoms with Crippen LogP contribution < -0.4 is 21.7 Å². The lowest BCUT2D eigenvalue weighted by molar-refractivity contribution is -0.261. The van der Waals surface area contributed by atoms with E-state index in [4.69, 9.17) is 29.0 Å². The molecule has 1 saturated heterocycles. The van der Waals surface area contributed by atoms with Crippen LogP contribution in [0.25, 0.3) is 0 Å². The van der Waals surface area contributed by atoms with Crippen LogP contribution in [0.1, 0.15) is 59.8 Å². The van der Waals surface area contributed by atoms with Crippen molar-refractivity contribution >= 4 is 43.4 Å². The maximum Gasteiger partial charge on any atom is 0.474 e. The number of aliphatic hydroxyl groups is 2. The number of hydrogen-bond donors (Lipinski definition) is 9. The molecule has 0 bridgehead atoms. The first-order valence-electron chi connectivity index (χ1n) is 15.3. The molecule has 22 heteroatoms. The van der Waals surface area contributed by atoms with Crippen LogP contribution in [0.4, 0.5) is 0 Å². The molecule has 0 aliphatic carbocycles. The van der Waals surface area contributed by atoms with Crippen LogP contribution >= 0.6 is 7.82 Å². The van der Waals surface area contributed by atoms with Crippen molar-refractivity contribution < 1.29 is 81.9 Å². The van der Waals surface area contributed by atoms with Crippen LogP contribution in [0.3, 0.4) is 0 Å². The molecule has 1 heterocycles. The number of carbonyl (C=O) groups is 6. The number of carboxylic acid groups (broad SMARTS) is 2. The van der Waals surface area contributed by atoms with E-state index < -0.39 is 112 Å². The van der Waals surface area contributed by atoms with E-state index in [1.54, 1.807) is 0 Å². The number of unbranched alkanes of at least 4 members (excludes halogenated alkanes) is 2. The van der Waals surface area contributed by atoms with E-state index in [1.165, 1.54) is 13.8 Å². The van der Waals surface area contributed by atoms with Gasteiger partial charge in [-0.1, -0.05) is 19.8 Å². The molecule has 4 amide bonds. The Morgan fingerprint density at radius 1 is 1.02 bits per heavy atom. The molecule has 0 radical (unpaired) electrons. The van der Waals surface area contributed by atoms with Crippen molar-refractivity contribution in [3.05, 3.63) is 0 Å². The molecule has 0 spiro atoms. The lowest BCUT2D eigenvalue weighted by Gasteiger charge is -2.44. The SMILES string of the molecule is CCCCCO[C@H](COP(=O)(O)O[C@H]1O[C@H](CO)[C@@H](O)[C@H](O[C@H](C)C(=O)N[C@@H](C)C(=O)N[C@H](CCC(N)=O)C(=O)O)[C@H]1NC(C)=O)C(=O)O. The monoisotopic (exact) mass is 730 g/mol. The van der Waals surface area contributed by atoms with E-state index in [2.05, 4.69) is 16.0 Å². The molecule has 1 aliphatic heterocycles. The summed E-state index contributed by atoms with van der Waals surface area (Å²) in [5, 5.41) is 46.1. The van der Waals surface area contributed by atoms with Crippen molar-refractivity contribution in [2.45, 2.75) is 115 Å². The Kier molecular flexibility index (Phi) is 18.8. The first-order chi connectivity index (χ1) is 22.8. The summed E-state index contributed by atoms with van der Waals surface area (Å²) < 4.78 is 39.0. The van der Waals surface area contributed by atoms with E-state index in [9.17, 15) is 58.7 Å². The maximum atomic E-state index is 12.9. The van der Waals surface area contributed by atoms with Crippen LogP contribution in [-0.2, 0) is 56.6 Å². The molecule has 1 fully saturated rings. The van der Waals surface area contributed by atoms with E-state index in [1.807, 2.05) is 6.92 Å². The summed E-state index contributed by atoms with van der Waals surface area (Å²) in [6, 6.07) is -4.47. The van der Waals surface area contributed by atoms with Crippen molar-refractivity contribution in [3.8, 4) is 0 Å². The molecule has 0 saturated carbocycles. The van der Waals surface area contributed by atoms with E-state index >= 15 is 0 Å². The summed E-state index contributed by atoms with van der Waals surface area (Å²) in [5.74, 6) is -6.42. The average Bonchev–Trinajstić information content (AvgIpc) is 3.00. The molecular weight excluding hydrogens is 683 g/mol. The number of rotatable bonds is 23. The zero-order valence-corrected chi connectivity index (χ0v) is 28.4. The van der Waals surface area contributed by atoms with Crippen molar-refractivity contribution in [2.75, 3.05) is 19.8 Å². The van der Waals surface area contributed by atoms with Crippen molar-refractivity contribution in [3.63, 3.8) is 0 Å². The third-order valence-corrected chi connectivity index (χ3v) is 7.92. The number of aliphatic carboxylic acids is 2. The van der Waals surface area contributed by atoms with Crippen molar-refractivity contribution in [1.82, 2.24) is 16.0 Å². The van der Waals surface area contributed by atoms with Crippen molar-refractivity contribution in [1.29, 1.82) is 0 Å². The zero-order valence-electron chi connectivity index (χ0n) is 27.5. The van der Waals surface area contributed by atoms with Crippen LogP contribution in [0.2, 0.25) is 0 Å². The van der Waals surface area contributed by atoms with Crippen LogP contribution in [-0.4, -0.2) is 136 Å². The van der Waals surface area contributed by atoms with Gasteiger partial charge in [0.25, 0.3) is 0 Å². The average molecular weight is 731 g/mol. The Morgan fingerprint density at radius 3 is 2.20 bits per heavy atom. The molecule has 282 valence electrons. The van der Waals surface area contributed by atoms with Gasteiger partial charge in [0.1, 0.15) is 42.5 Å². The van der Waals surface area contributed by atoms with Crippen LogP contribution in [0, 0.1) is 0 Å². The topological polar surface area (TPSA) is 329 Å². The number of primary amides is 1. The highest BCUT2D eigenvalue weighted by Gasteiger charge is 2.50. The predicted octanol–water partition coefficient (Wildman–Crippen LogP) is -2.52. The van der Waals surface area contributed by atoms with Gasteiger partial charge in [0.2, 0.25) is 23.6 Å². The predicted molar refractivity (Wildman–Crippen MR) is 163 cm³/mol. The first kappa shape index (κ1) is 43.8. The lowest BCUT2D eigenvalue weighted by atomic mass is 9.96. The second-order valence-electron chi connectivity index (χ2n) is 11.1. The van der Waals surface area contributed by atoms with Crippen LogP contribution in [0.5, 0.6) is 0 Å². The number of hydrogen-bond acceptors (Lipinski definition) is 14. The highest BCUT2D eigenvalue weighted by molar-refractivity contribution is 7.47. The number of phosphoric ester groups is 1. The summed E-state index contributed by atoms with van der Waals surface area (Å²) in [4.78, 5) is 81.9.